The Kier molecular flexibility index (Phi) is 5.90. The molecule has 1 aromatic carbocycles. The maximum absolute atomic E-state index is 13.2. The molecule has 3 heterocycles. The molecular formula is C25H29N7O. The van der Waals surface area contributed by atoms with Gasteiger partial charge in [0.1, 0.15) is 0 Å². The molecule has 0 aliphatic heterocycles. The summed E-state index contributed by atoms with van der Waals surface area (Å²) in [6, 6.07) is 12.3. The van der Waals surface area contributed by atoms with Crippen molar-refractivity contribution in [1.29, 1.82) is 0 Å². The number of pyridine rings is 1. The fourth-order valence-corrected chi connectivity index (χ4v) is 4.57. The average Bonchev–Trinajstić information content (AvgIpc) is 3.29. The number of nitrogens with zero attached hydrogens (tertiary/aromatic N) is 6. The van der Waals surface area contributed by atoms with Crippen LogP contribution in [-0.4, -0.2) is 34.7 Å². The van der Waals surface area contributed by atoms with Crippen LogP contribution in [0.4, 0.5) is 0 Å². The van der Waals surface area contributed by atoms with E-state index in [1.165, 1.54) is 0 Å². The Morgan fingerprint density at radius 2 is 1.97 bits per heavy atom. The predicted molar refractivity (Wildman–Crippen MR) is 127 cm³/mol. The molecule has 2 atom stereocenters. The number of aromatic amines is 1. The summed E-state index contributed by atoms with van der Waals surface area (Å²) in [6.45, 7) is 4.87. The summed E-state index contributed by atoms with van der Waals surface area (Å²) >= 11 is 0. The number of imidazole rings is 1. The number of tetrazole rings is 1. The van der Waals surface area contributed by atoms with E-state index in [1.54, 1.807) is 0 Å². The number of rotatable bonds is 9. The van der Waals surface area contributed by atoms with Crippen molar-refractivity contribution in [2.45, 2.75) is 58.5 Å². The molecule has 5 rings (SSSR count). The van der Waals surface area contributed by atoms with Crippen molar-refractivity contribution in [3.05, 3.63) is 70.7 Å². The zero-order chi connectivity index (χ0) is 22.8. The lowest BCUT2D eigenvalue weighted by Crippen LogP contribution is -2.25. The van der Waals surface area contributed by atoms with Crippen LogP contribution in [0.3, 0.4) is 0 Å². The second kappa shape index (κ2) is 9.13. The van der Waals surface area contributed by atoms with E-state index in [0.717, 1.165) is 60.2 Å². The molecule has 8 nitrogen and oxygen atoms in total. The Morgan fingerprint density at radius 1 is 1.12 bits per heavy atom. The Labute approximate surface area is 192 Å². The van der Waals surface area contributed by atoms with Crippen molar-refractivity contribution in [2.24, 2.45) is 5.92 Å². The van der Waals surface area contributed by atoms with Crippen LogP contribution < -0.4 is 5.69 Å². The summed E-state index contributed by atoms with van der Waals surface area (Å²) in [6.07, 6.45) is 9.28. The standard InChI is InChI=1S/C25H29N7O/c1-3-5-8-20-16-32(23-13-17(23)4-2)25(33)31(20)15-19-12-11-18(14-26-19)21-9-6-7-10-22(21)24-27-29-30-28-24/h6-7,9-12,14,16-17,23H,3-5,8,13,15H2,1-2H3,(H,27,28,29,30). The van der Waals surface area contributed by atoms with Gasteiger partial charge in [0.05, 0.1) is 12.2 Å². The van der Waals surface area contributed by atoms with E-state index in [2.05, 4.69) is 40.7 Å². The molecule has 1 saturated carbocycles. The minimum Gasteiger partial charge on any atom is -0.296 e. The fourth-order valence-electron chi connectivity index (χ4n) is 4.57. The lowest BCUT2D eigenvalue weighted by Gasteiger charge is -2.09. The highest BCUT2D eigenvalue weighted by Gasteiger charge is 2.38. The molecule has 1 fully saturated rings. The quantitative estimate of drug-likeness (QED) is 0.417. The lowest BCUT2D eigenvalue weighted by atomic mass is 10.0. The van der Waals surface area contributed by atoms with Crippen molar-refractivity contribution >= 4 is 0 Å². The molecule has 1 N–H and O–H groups in total. The van der Waals surface area contributed by atoms with E-state index in [0.29, 0.717) is 24.3 Å². The zero-order valence-corrected chi connectivity index (χ0v) is 19.1. The Balaban J connectivity index is 1.42. The number of aryl methyl sites for hydroxylation is 1. The van der Waals surface area contributed by atoms with Gasteiger partial charge in [-0.3, -0.25) is 14.1 Å². The van der Waals surface area contributed by atoms with Gasteiger partial charge in [0.2, 0.25) is 5.82 Å². The first kappa shape index (κ1) is 21.3. The van der Waals surface area contributed by atoms with Crippen LogP contribution in [-0.2, 0) is 13.0 Å². The number of hydrogen-bond acceptors (Lipinski definition) is 5. The Morgan fingerprint density at radius 3 is 2.64 bits per heavy atom. The maximum Gasteiger partial charge on any atom is 0.328 e. The summed E-state index contributed by atoms with van der Waals surface area (Å²) in [7, 11) is 0. The SMILES string of the molecule is CCCCc1cn(C2CC2CC)c(=O)n1Cc1ccc(-c2ccccc2-c2nn[nH]n2)cn1. The van der Waals surface area contributed by atoms with Crippen LogP contribution in [0.25, 0.3) is 22.5 Å². The average molecular weight is 444 g/mol. The molecule has 0 bridgehead atoms. The molecule has 4 aromatic rings. The van der Waals surface area contributed by atoms with Gasteiger partial charge < -0.3 is 0 Å². The van der Waals surface area contributed by atoms with Gasteiger partial charge in [-0.15, -0.1) is 10.2 Å². The maximum atomic E-state index is 13.2. The predicted octanol–water partition coefficient (Wildman–Crippen LogP) is 4.25. The largest absolute Gasteiger partial charge is 0.328 e. The molecule has 1 aliphatic carbocycles. The van der Waals surface area contributed by atoms with Gasteiger partial charge in [-0.2, -0.15) is 5.21 Å². The van der Waals surface area contributed by atoms with Gasteiger partial charge in [-0.1, -0.05) is 57.0 Å². The first-order valence-electron chi connectivity index (χ1n) is 11.8. The number of unbranched alkanes of at least 4 members (excludes halogenated alkanes) is 1. The van der Waals surface area contributed by atoms with Gasteiger partial charge in [0.15, 0.2) is 0 Å². The molecule has 170 valence electrons. The van der Waals surface area contributed by atoms with Gasteiger partial charge in [0, 0.05) is 35.3 Å². The van der Waals surface area contributed by atoms with Crippen molar-refractivity contribution in [3.8, 4) is 22.5 Å². The van der Waals surface area contributed by atoms with Crippen LogP contribution in [0.2, 0.25) is 0 Å². The molecule has 0 saturated heterocycles. The van der Waals surface area contributed by atoms with Crippen molar-refractivity contribution in [2.75, 3.05) is 0 Å². The van der Waals surface area contributed by atoms with E-state index >= 15 is 0 Å². The van der Waals surface area contributed by atoms with E-state index in [9.17, 15) is 4.79 Å². The third-order valence-electron chi connectivity index (χ3n) is 6.61. The highest BCUT2D eigenvalue weighted by Crippen LogP contribution is 2.44. The molecule has 8 heteroatoms. The Bertz CT molecular complexity index is 1270. The van der Waals surface area contributed by atoms with E-state index in [4.69, 9.17) is 4.98 Å². The van der Waals surface area contributed by atoms with Crippen molar-refractivity contribution in [3.63, 3.8) is 0 Å². The Hall–Kier alpha value is -3.55. The normalized spacial score (nSPS) is 17.4. The molecule has 33 heavy (non-hydrogen) atoms. The molecule has 0 spiro atoms. The lowest BCUT2D eigenvalue weighted by molar-refractivity contribution is 0.595. The summed E-state index contributed by atoms with van der Waals surface area (Å²) in [5.41, 5.74) is 4.93. The van der Waals surface area contributed by atoms with Crippen LogP contribution in [0.5, 0.6) is 0 Å². The minimum atomic E-state index is 0.0929. The first-order chi connectivity index (χ1) is 16.2. The molecule has 1 aliphatic rings. The van der Waals surface area contributed by atoms with Crippen LogP contribution >= 0.6 is 0 Å². The van der Waals surface area contributed by atoms with Crippen molar-refractivity contribution in [1.82, 2.24) is 34.7 Å². The molecular weight excluding hydrogens is 414 g/mol. The third kappa shape index (κ3) is 4.25. The molecule has 0 radical (unpaired) electrons. The zero-order valence-electron chi connectivity index (χ0n) is 19.1. The first-order valence-corrected chi connectivity index (χ1v) is 11.8. The molecule has 3 aromatic heterocycles. The van der Waals surface area contributed by atoms with Crippen LogP contribution in [0.1, 0.15) is 57.0 Å². The second-order valence-electron chi connectivity index (χ2n) is 8.79. The monoisotopic (exact) mass is 443 g/mol. The van der Waals surface area contributed by atoms with Gasteiger partial charge in [-0.05, 0) is 42.0 Å². The van der Waals surface area contributed by atoms with Gasteiger partial charge >= 0.3 is 5.69 Å². The van der Waals surface area contributed by atoms with Crippen LogP contribution in [0.15, 0.2) is 53.6 Å². The molecule has 0 amide bonds. The van der Waals surface area contributed by atoms with Crippen LogP contribution in [0, 0.1) is 5.92 Å². The van der Waals surface area contributed by atoms with E-state index in [-0.39, 0.29) is 5.69 Å². The topological polar surface area (TPSA) is 94.3 Å². The number of hydrogen-bond donors (Lipinski definition) is 1. The molecule has 2 unspecified atom stereocenters. The highest BCUT2D eigenvalue weighted by atomic mass is 16.1. The van der Waals surface area contributed by atoms with Gasteiger partial charge in [-0.25, -0.2) is 4.79 Å². The van der Waals surface area contributed by atoms with E-state index in [1.807, 2.05) is 51.7 Å². The van der Waals surface area contributed by atoms with Gasteiger partial charge in [0.25, 0.3) is 0 Å². The summed E-state index contributed by atoms with van der Waals surface area (Å²) in [5, 5.41) is 14.4. The third-order valence-corrected chi connectivity index (χ3v) is 6.61. The van der Waals surface area contributed by atoms with E-state index < -0.39 is 0 Å². The van der Waals surface area contributed by atoms with Crippen molar-refractivity contribution < 1.29 is 0 Å². The summed E-state index contributed by atoms with van der Waals surface area (Å²) < 4.78 is 3.88. The highest BCUT2D eigenvalue weighted by molar-refractivity contribution is 5.79. The summed E-state index contributed by atoms with van der Waals surface area (Å²) in [4.78, 5) is 17.9. The number of nitrogens with one attached hydrogen (secondary N) is 1. The fraction of sp³-hybridized carbons (Fsp3) is 0.400. The number of H-pyrrole nitrogens is 1. The minimum absolute atomic E-state index is 0.0929. The number of aromatic nitrogens is 7. The number of benzene rings is 1. The second-order valence-corrected chi connectivity index (χ2v) is 8.79. The smallest absolute Gasteiger partial charge is 0.296 e. The summed E-state index contributed by atoms with van der Waals surface area (Å²) in [5.74, 6) is 1.18.